The van der Waals surface area contributed by atoms with Crippen molar-refractivity contribution < 1.29 is 35.0 Å². The molecule has 0 spiro atoms. The third-order valence-electron chi connectivity index (χ3n) is 5.17. The largest absolute Gasteiger partial charge is 0.508 e. The summed E-state index contributed by atoms with van der Waals surface area (Å²) in [6.45, 7) is -0.479. The predicted molar refractivity (Wildman–Crippen MR) is 102 cm³/mol. The molecule has 1 aliphatic heterocycles. The molecule has 3 rings (SSSR count). The van der Waals surface area contributed by atoms with Gasteiger partial charge in [-0.05, 0) is 48.6 Å². The lowest BCUT2D eigenvalue weighted by Crippen LogP contribution is -2.32. The van der Waals surface area contributed by atoms with Crippen LogP contribution in [0.25, 0.3) is 0 Å². The van der Waals surface area contributed by atoms with Crippen molar-refractivity contribution in [1.82, 2.24) is 0 Å². The van der Waals surface area contributed by atoms with Crippen molar-refractivity contribution in [2.45, 2.75) is 50.6 Å². The molecule has 1 saturated heterocycles. The highest BCUT2D eigenvalue weighted by atomic mass is 16.5. The Balaban J connectivity index is 1.79. The molecule has 7 nitrogen and oxygen atoms in total. The van der Waals surface area contributed by atoms with Crippen LogP contribution in [0.3, 0.4) is 0 Å². The molecule has 5 N–H and O–H groups in total. The van der Waals surface area contributed by atoms with Crippen LogP contribution in [0, 0.1) is 0 Å². The first-order valence-electron chi connectivity index (χ1n) is 9.26. The molecular weight excluding hydrogens is 364 g/mol. The van der Waals surface area contributed by atoms with E-state index >= 15 is 0 Å². The molecule has 0 bridgehead atoms. The van der Waals surface area contributed by atoms with Crippen molar-refractivity contribution in [3.05, 3.63) is 47.0 Å². The Morgan fingerprint density at radius 3 is 2.43 bits per heavy atom. The van der Waals surface area contributed by atoms with Gasteiger partial charge in [0.1, 0.15) is 5.75 Å². The predicted octanol–water partition coefficient (Wildman–Crippen LogP) is 2.52. The Bertz CT molecular complexity index is 803. The summed E-state index contributed by atoms with van der Waals surface area (Å²) in [4.78, 5) is 0. The molecule has 2 aromatic rings. The lowest BCUT2D eigenvalue weighted by Gasteiger charge is -2.34. The molecule has 2 aromatic carbocycles. The van der Waals surface area contributed by atoms with Gasteiger partial charge in [-0.1, -0.05) is 12.1 Å². The quantitative estimate of drug-likeness (QED) is 0.481. The zero-order valence-corrected chi connectivity index (χ0v) is 15.7. The van der Waals surface area contributed by atoms with E-state index in [0.29, 0.717) is 24.8 Å². The number of aromatic hydroxyl groups is 3. The first-order chi connectivity index (χ1) is 13.4. The van der Waals surface area contributed by atoms with Crippen LogP contribution in [0.5, 0.6) is 23.0 Å². The first kappa shape index (κ1) is 20.3. The van der Waals surface area contributed by atoms with Gasteiger partial charge >= 0.3 is 0 Å². The van der Waals surface area contributed by atoms with Gasteiger partial charge in [0.15, 0.2) is 11.5 Å². The highest BCUT2D eigenvalue weighted by Crippen LogP contribution is 2.45. The summed E-state index contributed by atoms with van der Waals surface area (Å²) in [5, 5.41) is 49.6. The van der Waals surface area contributed by atoms with E-state index in [1.54, 1.807) is 12.1 Å². The van der Waals surface area contributed by atoms with Gasteiger partial charge in [0.2, 0.25) is 5.75 Å². The summed E-state index contributed by atoms with van der Waals surface area (Å²) < 4.78 is 11.3. The highest BCUT2D eigenvalue weighted by Gasteiger charge is 2.32. The van der Waals surface area contributed by atoms with Crippen LogP contribution < -0.4 is 4.74 Å². The Labute approximate surface area is 163 Å². The van der Waals surface area contributed by atoms with Crippen LogP contribution >= 0.6 is 0 Å². The number of ether oxygens (including phenoxy) is 2. The number of aryl methyl sites for hydroxylation is 1. The van der Waals surface area contributed by atoms with Gasteiger partial charge in [-0.15, -0.1) is 0 Å². The smallest absolute Gasteiger partial charge is 0.200 e. The second kappa shape index (κ2) is 8.68. The maximum absolute atomic E-state index is 10.3. The molecule has 152 valence electrons. The number of methoxy groups -OCH3 is 1. The van der Waals surface area contributed by atoms with Gasteiger partial charge < -0.3 is 35.0 Å². The average molecular weight is 390 g/mol. The van der Waals surface area contributed by atoms with E-state index in [9.17, 15) is 25.5 Å². The summed E-state index contributed by atoms with van der Waals surface area (Å²) in [5.74, 6) is -0.587. The van der Waals surface area contributed by atoms with Crippen LogP contribution in [0.15, 0.2) is 30.3 Å². The molecule has 0 saturated carbocycles. The molecule has 7 heteroatoms. The van der Waals surface area contributed by atoms with Crippen molar-refractivity contribution in [3.8, 4) is 23.0 Å². The second-order valence-corrected chi connectivity index (χ2v) is 7.08. The number of hydrogen-bond donors (Lipinski definition) is 5. The van der Waals surface area contributed by atoms with E-state index < -0.39 is 30.3 Å². The molecule has 1 heterocycles. The van der Waals surface area contributed by atoms with Gasteiger partial charge in [0.25, 0.3) is 0 Å². The van der Waals surface area contributed by atoms with Crippen LogP contribution in [0.4, 0.5) is 0 Å². The molecule has 1 aliphatic rings. The van der Waals surface area contributed by atoms with Gasteiger partial charge in [0.05, 0.1) is 32.0 Å². The topological polar surface area (TPSA) is 120 Å². The van der Waals surface area contributed by atoms with Crippen molar-refractivity contribution >= 4 is 0 Å². The van der Waals surface area contributed by atoms with Gasteiger partial charge in [-0.25, -0.2) is 0 Å². The van der Waals surface area contributed by atoms with Gasteiger partial charge in [-0.3, -0.25) is 0 Å². The maximum Gasteiger partial charge on any atom is 0.200 e. The number of phenolic OH excluding ortho intramolecular Hbond substituents is 2. The minimum absolute atomic E-state index is 0.0778. The van der Waals surface area contributed by atoms with Crippen LogP contribution in [0.2, 0.25) is 0 Å². The van der Waals surface area contributed by atoms with E-state index in [0.717, 1.165) is 12.0 Å². The Morgan fingerprint density at radius 1 is 1.07 bits per heavy atom. The first-order valence-corrected chi connectivity index (χ1v) is 9.26. The molecule has 0 amide bonds. The van der Waals surface area contributed by atoms with Crippen molar-refractivity contribution in [2.75, 3.05) is 7.11 Å². The molecule has 3 atom stereocenters. The van der Waals surface area contributed by atoms with Crippen molar-refractivity contribution in [3.63, 3.8) is 0 Å². The third-order valence-corrected chi connectivity index (χ3v) is 5.17. The number of hydrogen-bond acceptors (Lipinski definition) is 7. The standard InChI is InChI=1S/C21H26O7/c1-27-19-10-16(17(11-22)20(25)21(19)26)18-9-14(24)8-15(28-18)7-4-12-2-5-13(23)6-3-12/h2-3,5-6,10,14-15,18,22-26H,4,7-9,11H2,1H3/t14-,15+,18+/m1/s1. The molecule has 0 unspecified atom stereocenters. The minimum Gasteiger partial charge on any atom is -0.508 e. The Kier molecular flexibility index (Phi) is 6.28. The second-order valence-electron chi connectivity index (χ2n) is 7.08. The average Bonchev–Trinajstić information content (AvgIpc) is 2.69. The minimum atomic E-state index is -0.586. The Morgan fingerprint density at radius 2 is 1.79 bits per heavy atom. The Hall–Kier alpha value is -2.48. The van der Waals surface area contributed by atoms with E-state index in [1.807, 2.05) is 12.1 Å². The summed E-state index contributed by atoms with van der Waals surface area (Å²) in [5.41, 5.74) is 1.70. The maximum atomic E-state index is 10.3. The fourth-order valence-corrected chi connectivity index (χ4v) is 3.67. The van der Waals surface area contributed by atoms with E-state index in [4.69, 9.17) is 9.47 Å². The summed E-state index contributed by atoms with van der Waals surface area (Å²) in [7, 11) is 1.37. The van der Waals surface area contributed by atoms with Crippen molar-refractivity contribution in [1.29, 1.82) is 0 Å². The van der Waals surface area contributed by atoms with Crippen molar-refractivity contribution in [2.24, 2.45) is 0 Å². The zero-order chi connectivity index (χ0) is 20.3. The number of benzene rings is 2. The molecule has 1 fully saturated rings. The van der Waals surface area contributed by atoms with Gasteiger partial charge in [0, 0.05) is 12.0 Å². The number of rotatable bonds is 6. The fraction of sp³-hybridized carbons (Fsp3) is 0.429. The monoisotopic (exact) mass is 390 g/mol. The van der Waals surface area contributed by atoms with Gasteiger partial charge in [-0.2, -0.15) is 0 Å². The number of phenols is 3. The summed E-state index contributed by atoms with van der Waals surface area (Å²) in [6, 6.07) is 8.49. The lowest BCUT2D eigenvalue weighted by molar-refractivity contribution is -0.100. The van der Waals surface area contributed by atoms with Crippen LogP contribution in [-0.4, -0.2) is 44.9 Å². The van der Waals surface area contributed by atoms with E-state index in [1.165, 1.54) is 13.2 Å². The molecular formula is C21H26O7. The van der Waals surface area contributed by atoms with Crippen LogP contribution in [0.1, 0.15) is 42.1 Å². The molecule has 0 radical (unpaired) electrons. The summed E-state index contributed by atoms with van der Waals surface area (Å²) in [6.07, 6.45) is 0.861. The third kappa shape index (κ3) is 4.32. The molecule has 28 heavy (non-hydrogen) atoms. The highest BCUT2D eigenvalue weighted by molar-refractivity contribution is 5.58. The lowest BCUT2D eigenvalue weighted by atomic mass is 9.90. The molecule has 0 aliphatic carbocycles. The SMILES string of the molecule is COc1cc([C@@H]2C[C@H](O)C[C@H](CCc3ccc(O)cc3)O2)c(CO)c(O)c1O. The number of aliphatic hydroxyl groups is 2. The fourth-order valence-electron chi connectivity index (χ4n) is 3.67. The summed E-state index contributed by atoms with van der Waals surface area (Å²) >= 11 is 0. The van der Waals surface area contributed by atoms with Crippen LogP contribution in [-0.2, 0) is 17.8 Å². The normalized spacial score (nSPS) is 22.2. The van der Waals surface area contributed by atoms with E-state index in [2.05, 4.69) is 0 Å². The number of aliphatic hydroxyl groups excluding tert-OH is 2. The molecule has 0 aromatic heterocycles. The van der Waals surface area contributed by atoms with E-state index in [-0.39, 0.29) is 23.2 Å². The zero-order valence-electron chi connectivity index (χ0n) is 15.7.